The molecule has 0 bridgehead atoms. The number of amides is 1. The summed E-state index contributed by atoms with van der Waals surface area (Å²) in [5.41, 5.74) is 0.977. The van der Waals surface area contributed by atoms with E-state index in [9.17, 15) is 9.59 Å². The SMILES string of the molecule is Cc1ccn(CCCNC(=O)Cc2cccs2)c(=O)c1. The van der Waals surface area contributed by atoms with Crippen LogP contribution in [0.1, 0.15) is 16.9 Å². The molecule has 106 valence electrons. The van der Waals surface area contributed by atoms with E-state index in [0.717, 1.165) is 16.9 Å². The molecule has 5 heteroatoms. The van der Waals surface area contributed by atoms with Crippen LogP contribution < -0.4 is 10.9 Å². The predicted octanol–water partition coefficient (Wildman–Crippen LogP) is 1.97. The monoisotopic (exact) mass is 290 g/mol. The summed E-state index contributed by atoms with van der Waals surface area (Å²) in [7, 11) is 0. The zero-order valence-electron chi connectivity index (χ0n) is 11.5. The van der Waals surface area contributed by atoms with E-state index in [1.807, 2.05) is 30.5 Å². The van der Waals surface area contributed by atoms with Crippen molar-refractivity contribution in [1.29, 1.82) is 0 Å². The second-order valence-electron chi connectivity index (χ2n) is 4.70. The third-order valence-corrected chi connectivity index (χ3v) is 3.84. The maximum atomic E-state index is 11.7. The lowest BCUT2D eigenvalue weighted by Crippen LogP contribution is -2.27. The largest absolute Gasteiger partial charge is 0.356 e. The maximum absolute atomic E-state index is 11.7. The molecule has 0 aliphatic carbocycles. The Morgan fingerprint density at radius 3 is 2.95 bits per heavy atom. The number of hydrogen-bond acceptors (Lipinski definition) is 3. The van der Waals surface area contributed by atoms with E-state index in [0.29, 0.717) is 19.5 Å². The van der Waals surface area contributed by atoms with Crippen molar-refractivity contribution in [3.63, 3.8) is 0 Å². The summed E-state index contributed by atoms with van der Waals surface area (Å²) in [6, 6.07) is 7.43. The standard InChI is InChI=1S/C15H18N2O2S/c1-12-5-8-17(15(19)10-12)7-3-6-16-14(18)11-13-4-2-9-20-13/h2,4-5,8-10H,3,6-7,11H2,1H3,(H,16,18). The number of hydrogen-bond donors (Lipinski definition) is 1. The van der Waals surface area contributed by atoms with Crippen LogP contribution in [0.5, 0.6) is 0 Å². The van der Waals surface area contributed by atoms with E-state index < -0.39 is 0 Å². The first-order valence-corrected chi connectivity index (χ1v) is 7.49. The Labute approximate surface area is 122 Å². The van der Waals surface area contributed by atoms with Gasteiger partial charge in [0.2, 0.25) is 5.91 Å². The van der Waals surface area contributed by atoms with E-state index >= 15 is 0 Å². The van der Waals surface area contributed by atoms with Crippen LogP contribution in [0.15, 0.2) is 40.6 Å². The molecule has 1 amide bonds. The Hall–Kier alpha value is -1.88. The van der Waals surface area contributed by atoms with Crippen molar-refractivity contribution >= 4 is 17.2 Å². The Balaban J connectivity index is 1.71. The van der Waals surface area contributed by atoms with Crippen LogP contribution in [0, 0.1) is 6.92 Å². The van der Waals surface area contributed by atoms with Gasteiger partial charge >= 0.3 is 0 Å². The summed E-state index contributed by atoms with van der Waals surface area (Å²) < 4.78 is 1.67. The highest BCUT2D eigenvalue weighted by atomic mass is 32.1. The van der Waals surface area contributed by atoms with E-state index in [4.69, 9.17) is 0 Å². The average Bonchev–Trinajstić information content (AvgIpc) is 2.89. The smallest absolute Gasteiger partial charge is 0.250 e. The summed E-state index contributed by atoms with van der Waals surface area (Å²) >= 11 is 1.58. The summed E-state index contributed by atoms with van der Waals surface area (Å²) in [4.78, 5) is 24.4. The van der Waals surface area contributed by atoms with E-state index in [1.54, 1.807) is 28.2 Å². The van der Waals surface area contributed by atoms with Crippen LogP contribution in [-0.2, 0) is 17.8 Å². The van der Waals surface area contributed by atoms with E-state index in [-0.39, 0.29) is 11.5 Å². The van der Waals surface area contributed by atoms with Crippen molar-refractivity contribution in [2.24, 2.45) is 0 Å². The zero-order valence-corrected chi connectivity index (χ0v) is 12.3. The molecule has 1 N–H and O–H groups in total. The van der Waals surface area contributed by atoms with Crippen LogP contribution >= 0.6 is 11.3 Å². The van der Waals surface area contributed by atoms with Crippen LogP contribution in [0.2, 0.25) is 0 Å². The highest BCUT2D eigenvalue weighted by Crippen LogP contribution is 2.08. The first-order chi connectivity index (χ1) is 9.65. The number of pyridine rings is 1. The second kappa shape index (κ2) is 7.05. The Morgan fingerprint density at radius 2 is 2.25 bits per heavy atom. The first kappa shape index (κ1) is 14.5. The number of thiophene rings is 1. The van der Waals surface area contributed by atoms with Crippen LogP contribution in [-0.4, -0.2) is 17.0 Å². The molecule has 0 saturated heterocycles. The molecular formula is C15H18N2O2S. The van der Waals surface area contributed by atoms with Crippen molar-refractivity contribution in [1.82, 2.24) is 9.88 Å². The minimum absolute atomic E-state index is 0.00918. The lowest BCUT2D eigenvalue weighted by atomic mass is 10.3. The lowest BCUT2D eigenvalue weighted by molar-refractivity contribution is -0.120. The number of carbonyl (C=O) groups is 1. The minimum atomic E-state index is 0.00918. The molecule has 0 saturated carbocycles. The van der Waals surface area contributed by atoms with Crippen LogP contribution in [0.3, 0.4) is 0 Å². The fraction of sp³-hybridized carbons (Fsp3) is 0.333. The molecule has 0 aliphatic heterocycles. The van der Waals surface area contributed by atoms with Crippen molar-refractivity contribution in [2.75, 3.05) is 6.54 Å². The van der Waals surface area contributed by atoms with Gasteiger partial charge in [0.15, 0.2) is 0 Å². The summed E-state index contributed by atoms with van der Waals surface area (Å²) in [6.45, 7) is 3.11. The normalized spacial score (nSPS) is 10.4. The molecule has 4 nitrogen and oxygen atoms in total. The van der Waals surface area contributed by atoms with Crippen LogP contribution in [0.25, 0.3) is 0 Å². The second-order valence-corrected chi connectivity index (χ2v) is 5.73. The number of rotatable bonds is 6. The molecular weight excluding hydrogens is 272 g/mol. The number of aryl methyl sites for hydroxylation is 2. The van der Waals surface area contributed by atoms with Gasteiger partial charge in [0.05, 0.1) is 6.42 Å². The molecule has 0 fully saturated rings. The van der Waals surface area contributed by atoms with E-state index in [2.05, 4.69) is 5.32 Å². The van der Waals surface area contributed by atoms with Gasteiger partial charge in [0.25, 0.3) is 5.56 Å². The molecule has 0 spiro atoms. The summed E-state index contributed by atoms with van der Waals surface area (Å²) in [6.07, 6.45) is 2.98. The maximum Gasteiger partial charge on any atom is 0.250 e. The summed E-state index contributed by atoms with van der Waals surface area (Å²) in [5, 5.41) is 4.84. The zero-order chi connectivity index (χ0) is 14.4. The quantitative estimate of drug-likeness (QED) is 0.827. The third kappa shape index (κ3) is 4.35. The molecule has 0 aromatic carbocycles. The predicted molar refractivity (Wildman–Crippen MR) is 81.1 cm³/mol. The van der Waals surface area contributed by atoms with Gasteiger partial charge in [-0.3, -0.25) is 9.59 Å². The van der Waals surface area contributed by atoms with Crippen molar-refractivity contribution in [2.45, 2.75) is 26.3 Å². The number of aromatic nitrogens is 1. The average molecular weight is 290 g/mol. The minimum Gasteiger partial charge on any atom is -0.356 e. The Morgan fingerprint density at radius 1 is 1.40 bits per heavy atom. The van der Waals surface area contributed by atoms with Gasteiger partial charge in [0, 0.05) is 30.2 Å². The Bertz CT molecular complexity index is 617. The molecule has 2 rings (SSSR count). The molecule has 0 radical (unpaired) electrons. The number of nitrogens with zero attached hydrogens (tertiary/aromatic N) is 1. The molecule has 2 heterocycles. The highest BCUT2D eigenvalue weighted by Gasteiger charge is 2.03. The molecule has 0 atom stereocenters. The van der Waals surface area contributed by atoms with Crippen molar-refractivity contribution in [3.8, 4) is 0 Å². The highest BCUT2D eigenvalue weighted by molar-refractivity contribution is 7.10. The summed E-state index contributed by atoms with van der Waals surface area (Å²) in [5.74, 6) is 0.0312. The van der Waals surface area contributed by atoms with Gasteiger partial charge in [0.1, 0.15) is 0 Å². The lowest BCUT2D eigenvalue weighted by Gasteiger charge is -2.07. The molecule has 0 unspecified atom stereocenters. The fourth-order valence-corrected chi connectivity index (χ4v) is 2.61. The first-order valence-electron chi connectivity index (χ1n) is 6.61. The van der Waals surface area contributed by atoms with Gasteiger partial charge in [-0.15, -0.1) is 11.3 Å². The van der Waals surface area contributed by atoms with Crippen molar-refractivity contribution in [3.05, 3.63) is 56.6 Å². The fourth-order valence-electron chi connectivity index (χ4n) is 1.90. The topological polar surface area (TPSA) is 51.1 Å². The third-order valence-electron chi connectivity index (χ3n) is 2.96. The van der Waals surface area contributed by atoms with Gasteiger partial charge in [-0.1, -0.05) is 6.07 Å². The molecule has 2 aromatic heterocycles. The van der Waals surface area contributed by atoms with Gasteiger partial charge in [-0.2, -0.15) is 0 Å². The van der Waals surface area contributed by atoms with Gasteiger partial charge in [-0.25, -0.2) is 0 Å². The molecule has 2 aromatic rings. The van der Waals surface area contributed by atoms with E-state index in [1.165, 1.54) is 0 Å². The molecule has 0 aliphatic rings. The van der Waals surface area contributed by atoms with Crippen LogP contribution in [0.4, 0.5) is 0 Å². The number of nitrogens with one attached hydrogen (secondary N) is 1. The molecule has 20 heavy (non-hydrogen) atoms. The van der Waals surface area contributed by atoms with Crippen molar-refractivity contribution < 1.29 is 4.79 Å². The Kier molecular flexibility index (Phi) is 5.12. The number of carbonyl (C=O) groups excluding carboxylic acids is 1. The van der Waals surface area contributed by atoms with Gasteiger partial charge in [-0.05, 0) is 36.4 Å². The van der Waals surface area contributed by atoms with Gasteiger partial charge < -0.3 is 9.88 Å².